The lowest BCUT2D eigenvalue weighted by molar-refractivity contribution is 0.176. The Bertz CT molecular complexity index is 346. The molecule has 16 heavy (non-hydrogen) atoms. The van der Waals surface area contributed by atoms with Crippen LogP contribution in [0.4, 0.5) is 13.2 Å². The maximum absolute atomic E-state index is 13.4. The molecule has 0 heterocycles. The average Bonchev–Trinajstić information content (AvgIpc) is 2.32. The first-order valence-corrected chi connectivity index (χ1v) is 4.62. The lowest BCUT2D eigenvalue weighted by atomic mass is 10.0. The highest BCUT2D eigenvalue weighted by Crippen LogP contribution is 2.24. The molecule has 0 atom stereocenters. The van der Waals surface area contributed by atoms with Crippen molar-refractivity contribution < 1.29 is 17.9 Å². The first-order valence-electron chi connectivity index (χ1n) is 4.62. The molecule has 90 valence electrons. The van der Waals surface area contributed by atoms with Gasteiger partial charge in [-0.1, -0.05) is 0 Å². The largest absolute Gasteiger partial charge is 0.380 e. The molecule has 0 amide bonds. The molecule has 0 spiro atoms. The molecule has 0 saturated heterocycles. The molecule has 0 bridgehead atoms. The van der Waals surface area contributed by atoms with E-state index in [4.69, 9.17) is 0 Å². The number of hydrogen-bond acceptors (Lipinski definition) is 1. The lowest BCUT2D eigenvalue weighted by Crippen LogP contribution is -2.06. The van der Waals surface area contributed by atoms with E-state index >= 15 is 0 Å². The second-order valence-corrected chi connectivity index (χ2v) is 3.10. The number of ether oxygens (including phenoxy) is 1. The summed E-state index contributed by atoms with van der Waals surface area (Å²) in [6.45, 7) is 8.48. The lowest BCUT2D eigenvalue weighted by Gasteiger charge is -2.10. The zero-order chi connectivity index (χ0) is 12.9. The van der Waals surface area contributed by atoms with E-state index < -0.39 is 17.5 Å². The van der Waals surface area contributed by atoms with Crippen molar-refractivity contribution in [2.45, 2.75) is 20.5 Å². The van der Waals surface area contributed by atoms with Crippen molar-refractivity contribution in [2.75, 3.05) is 7.11 Å². The summed E-state index contributed by atoms with van der Waals surface area (Å²) in [5.41, 5.74) is -0.232. The fraction of sp³-hybridized carbons (Fsp3) is 0.333. The highest BCUT2D eigenvalue weighted by molar-refractivity contribution is 5.34. The Morgan fingerprint density at radius 1 is 0.938 bits per heavy atom. The molecule has 4 heteroatoms. The van der Waals surface area contributed by atoms with E-state index in [1.54, 1.807) is 0 Å². The summed E-state index contributed by atoms with van der Waals surface area (Å²) < 4.78 is 44.3. The Kier molecular flexibility index (Phi) is 5.82. The minimum atomic E-state index is -1.16. The molecule has 0 aliphatic carbocycles. The van der Waals surface area contributed by atoms with Crippen molar-refractivity contribution in [2.24, 2.45) is 0 Å². The van der Waals surface area contributed by atoms with E-state index in [9.17, 15) is 13.2 Å². The second kappa shape index (κ2) is 6.33. The second-order valence-electron chi connectivity index (χ2n) is 3.10. The van der Waals surface area contributed by atoms with Crippen molar-refractivity contribution in [3.8, 4) is 0 Å². The van der Waals surface area contributed by atoms with Gasteiger partial charge in [-0.3, -0.25) is 0 Å². The molecule has 0 aliphatic rings. The molecule has 0 N–H and O–H groups in total. The summed E-state index contributed by atoms with van der Waals surface area (Å²) in [5.74, 6) is -2.90. The summed E-state index contributed by atoms with van der Waals surface area (Å²) in [5, 5.41) is 0. The van der Waals surface area contributed by atoms with Crippen molar-refractivity contribution >= 4 is 0 Å². The van der Waals surface area contributed by atoms with Crippen LogP contribution in [0.5, 0.6) is 0 Å². The van der Waals surface area contributed by atoms with Gasteiger partial charge in [0.15, 0.2) is 11.6 Å². The molecular formula is C12H15F3O. The Hall–Kier alpha value is -1.29. The van der Waals surface area contributed by atoms with E-state index in [-0.39, 0.29) is 23.3 Å². The van der Waals surface area contributed by atoms with Crippen molar-refractivity contribution in [3.05, 3.63) is 47.3 Å². The first-order chi connectivity index (χ1) is 7.50. The van der Waals surface area contributed by atoms with E-state index in [0.29, 0.717) is 0 Å². The SMILES string of the molecule is C=C.COCc1c(F)c(C)c(C)c(F)c1F. The van der Waals surface area contributed by atoms with E-state index in [0.717, 1.165) is 0 Å². The molecule has 0 unspecified atom stereocenters. The number of hydrogen-bond donors (Lipinski definition) is 0. The molecule has 0 aliphatic heterocycles. The van der Waals surface area contributed by atoms with Crippen LogP contribution in [0.1, 0.15) is 16.7 Å². The Morgan fingerprint density at radius 2 is 1.38 bits per heavy atom. The predicted octanol–water partition coefficient (Wildman–Crippen LogP) is 3.67. The fourth-order valence-electron chi connectivity index (χ4n) is 1.22. The van der Waals surface area contributed by atoms with Crippen molar-refractivity contribution in [3.63, 3.8) is 0 Å². The third-order valence-electron chi connectivity index (χ3n) is 2.23. The molecule has 1 rings (SSSR count). The fourth-order valence-corrected chi connectivity index (χ4v) is 1.22. The van der Waals surface area contributed by atoms with Crippen LogP contribution in [0.2, 0.25) is 0 Å². The van der Waals surface area contributed by atoms with Crippen LogP contribution < -0.4 is 0 Å². The van der Waals surface area contributed by atoms with E-state index in [1.165, 1.54) is 21.0 Å². The summed E-state index contributed by atoms with van der Waals surface area (Å²) in [6, 6.07) is 0. The zero-order valence-corrected chi connectivity index (χ0v) is 9.66. The van der Waals surface area contributed by atoms with Crippen molar-refractivity contribution in [1.82, 2.24) is 0 Å². The Labute approximate surface area is 93.5 Å². The van der Waals surface area contributed by atoms with Crippen LogP contribution in [0.3, 0.4) is 0 Å². The normalized spacial score (nSPS) is 9.62. The van der Waals surface area contributed by atoms with Gasteiger partial charge >= 0.3 is 0 Å². The topological polar surface area (TPSA) is 9.23 Å². The minimum Gasteiger partial charge on any atom is -0.380 e. The highest BCUT2D eigenvalue weighted by Gasteiger charge is 2.19. The summed E-state index contributed by atoms with van der Waals surface area (Å²) in [6.07, 6.45) is 0. The van der Waals surface area contributed by atoms with Gasteiger partial charge in [0.1, 0.15) is 5.82 Å². The Balaban J connectivity index is 0.00000106. The number of methoxy groups -OCH3 is 1. The third kappa shape index (κ3) is 2.64. The maximum Gasteiger partial charge on any atom is 0.167 e. The third-order valence-corrected chi connectivity index (χ3v) is 2.23. The molecule has 0 fully saturated rings. The molecule has 1 nitrogen and oxygen atoms in total. The number of halogens is 3. The van der Waals surface area contributed by atoms with Gasteiger partial charge in [0.2, 0.25) is 0 Å². The summed E-state index contributed by atoms with van der Waals surface area (Å²) >= 11 is 0. The zero-order valence-electron chi connectivity index (χ0n) is 9.66. The summed E-state index contributed by atoms with van der Waals surface area (Å²) in [7, 11) is 1.30. The molecule has 1 aromatic carbocycles. The van der Waals surface area contributed by atoms with Crippen LogP contribution in [0, 0.1) is 31.3 Å². The van der Waals surface area contributed by atoms with E-state index in [1.807, 2.05) is 0 Å². The van der Waals surface area contributed by atoms with Crippen LogP contribution in [0.25, 0.3) is 0 Å². The molecular weight excluding hydrogens is 217 g/mol. The first kappa shape index (κ1) is 14.7. The van der Waals surface area contributed by atoms with Gasteiger partial charge in [-0.25, -0.2) is 13.2 Å². The Morgan fingerprint density at radius 3 is 1.81 bits per heavy atom. The molecule has 0 saturated carbocycles. The van der Waals surface area contributed by atoms with Gasteiger partial charge in [-0.05, 0) is 25.0 Å². The van der Waals surface area contributed by atoms with Crippen LogP contribution >= 0.6 is 0 Å². The quantitative estimate of drug-likeness (QED) is 0.558. The van der Waals surface area contributed by atoms with Gasteiger partial charge in [0.25, 0.3) is 0 Å². The predicted molar refractivity (Wildman–Crippen MR) is 57.8 cm³/mol. The molecule has 0 aromatic heterocycles. The van der Waals surface area contributed by atoms with Gasteiger partial charge < -0.3 is 4.74 Å². The highest BCUT2D eigenvalue weighted by atomic mass is 19.2. The van der Waals surface area contributed by atoms with E-state index in [2.05, 4.69) is 17.9 Å². The smallest absolute Gasteiger partial charge is 0.167 e. The summed E-state index contributed by atoms with van der Waals surface area (Å²) in [4.78, 5) is 0. The van der Waals surface area contributed by atoms with Gasteiger partial charge in [0, 0.05) is 7.11 Å². The monoisotopic (exact) mass is 232 g/mol. The minimum absolute atomic E-state index is 0.000136. The average molecular weight is 232 g/mol. The standard InChI is InChI=1S/C10H11F3O.C2H4/c1-5-6(2)9(12)10(13)7(4-14-3)8(5)11;1-2/h4H2,1-3H3;1-2H2. The van der Waals surface area contributed by atoms with Gasteiger partial charge in [-0.15, -0.1) is 13.2 Å². The van der Waals surface area contributed by atoms with Crippen LogP contribution in [-0.4, -0.2) is 7.11 Å². The van der Waals surface area contributed by atoms with Crippen LogP contribution in [-0.2, 0) is 11.3 Å². The van der Waals surface area contributed by atoms with Gasteiger partial charge in [-0.2, -0.15) is 0 Å². The van der Waals surface area contributed by atoms with Crippen LogP contribution in [0.15, 0.2) is 13.2 Å². The van der Waals surface area contributed by atoms with Gasteiger partial charge in [0.05, 0.1) is 12.2 Å². The number of rotatable bonds is 2. The maximum atomic E-state index is 13.4. The number of benzene rings is 1. The van der Waals surface area contributed by atoms with Crippen molar-refractivity contribution in [1.29, 1.82) is 0 Å². The molecule has 1 aromatic rings. The molecule has 0 radical (unpaired) electrons.